The van der Waals surface area contributed by atoms with Crippen LogP contribution in [0.2, 0.25) is 0 Å². The highest BCUT2D eigenvalue weighted by Crippen LogP contribution is 2.32. The number of ether oxygens (including phenoxy) is 2. The highest BCUT2D eigenvalue weighted by Gasteiger charge is 2.13. The summed E-state index contributed by atoms with van der Waals surface area (Å²) in [6.07, 6.45) is 4.18. The number of guanidine groups is 1. The lowest BCUT2D eigenvalue weighted by molar-refractivity contribution is 0.174. The van der Waals surface area contributed by atoms with Crippen molar-refractivity contribution in [3.63, 3.8) is 0 Å². The average Bonchev–Trinajstić information content (AvgIpc) is 3.35. The average molecular weight is 506 g/mol. The number of hydrogen-bond acceptors (Lipinski definition) is 3. The number of aliphatic imine (C=N–C) groups is 1. The molecule has 29 heavy (non-hydrogen) atoms. The Bertz CT molecular complexity index is 970. The Balaban J connectivity index is 0.00000240. The van der Waals surface area contributed by atoms with Gasteiger partial charge in [0.15, 0.2) is 17.5 Å². The van der Waals surface area contributed by atoms with Crippen LogP contribution in [0.25, 0.3) is 10.9 Å². The van der Waals surface area contributed by atoms with Crippen molar-refractivity contribution in [3.05, 3.63) is 59.8 Å². The summed E-state index contributed by atoms with van der Waals surface area (Å²) in [5.74, 6) is 2.43. The molecule has 0 bridgehead atoms. The van der Waals surface area contributed by atoms with Gasteiger partial charge in [-0.25, -0.2) is 4.99 Å². The number of hydrogen-bond donors (Lipinski definition) is 3. The van der Waals surface area contributed by atoms with E-state index in [9.17, 15) is 0 Å². The first-order chi connectivity index (χ1) is 13.8. The second-order valence-electron chi connectivity index (χ2n) is 6.77. The molecular weight excluding hydrogens is 479 g/mol. The Morgan fingerprint density at radius 2 is 1.97 bits per heavy atom. The van der Waals surface area contributed by atoms with Crippen molar-refractivity contribution >= 4 is 40.8 Å². The van der Waals surface area contributed by atoms with E-state index in [1.165, 1.54) is 16.5 Å². The van der Waals surface area contributed by atoms with Gasteiger partial charge >= 0.3 is 0 Å². The molecule has 1 aliphatic heterocycles. The molecule has 3 N–H and O–H groups in total. The van der Waals surface area contributed by atoms with Gasteiger partial charge in [-0.15, -0.1) is 24.0 Å². The van der Waals surface area contributed by atoms with Gasteiger partial charge in [0.1, 0.15) is 0 Å². The van der Waals surface area contributed by atoms with Crippen molar-refractivity contribution in [1.29, 1.82) is 0 Å². The van der Waals surface area contributed by atoms with E-state index >= 15 is 0 Å². The quantitative estimate of drug-likeness (QED) is 0.195. The largest absolute Gasteiger partial charge is 0.454 e. The summed E-state index contributed by atoms with van der Waals surface area (Å²) in [4.78, 5) is 8.02. The minimum atomic E-state index is 0. The lowest BCUT2D eigenvalue weighted by Gasteiger charge is -2.11. The Morgan fingerprint density at radius 1 is 1.10 bits per heavy atom. The smallest absolute Gasteiger partial charge is 0.231 e. The van der Waals surface area contributed by atoms with Gasteiger partial charge < -0.3 is 25.1 Å². The molecule has 0 saturated heterocycles. The molecule has 2 heterocycles. The molecule has 0 fully saturated rings. The molecule has 4 rings (SSSR count). The normalized spacial score (nSPS) is 12.7. The predicted octanol–water partition coefficient (Wildman–Crippen LogP) is 4.20. The molecular formula is C22H27IN4O2. The van der Waals surface area contributed by atoms with E-state index < -0.39 is 0 Å². The Hall–Kier alpha value is -2.42. The molecule has 0 saturated carbocycles. The first-order valence-electron chi connectivity index (χ1n) is 9.79. The van der Waals surface area contributed by atoms with Crippen molar-refractivity contribution in [1.82, 2.24) is 15.6 Å². The van der Waals surface area contributed by atoms with Crippen LogP contribution >= 0.6 is 24.0 Å². The topological polar surface area (TPSA) is 70.7 Å². The number of nitrogens with zero attached hydrogens (tertiary/aromatic N) is 1. The fraction of sp³-hybridized carbons (Fsp3) is 0.318. The second kappa shape index (κ2) is 10.4. The molecule has 0 radical (unpaired) electrons. The van der Waals surface area contributed by atoms with Crippen molar-refractivity contribution in [2.45, 2.75) is 26.3 Å². The number of fused-ring (bicyclic) bond motifs is 2. The molecule has 1 aromatic heterocycles. The van der Waals surface area contributed by atoms with Crippen LogP contribution in [-0.2, 0) is 13.0 Å². The summed E-state index contributed by atoms with van der Waals surface area (Å²) in [6, 6.07) is 14.4. The summed E-state index contributed by atoms with van der Waals surface area (Å²) in [6.45, 7) is 4.66. The maximum Gasteiger partial charge on any atom is 0.231 e. The number of aryl methyl sites for hydroxylation is 1. The van der Waals surface area contributed by atoms with Gasteiger partial charge in [0.2, 0.25) is 6.79 Å². The van der Waals surface area contributed by atoms with E-state index in [4.69, 9.17) is 9.47 Å². The lowest BCUT2D eigenvalue weighted by atomic mass is 10.1. The monoisotopic (exact) mass is 506 g/mol. The van der Waals surface area contributed by atoms with Crippen molar-refractivity contribution in [3.8, 4) is 11.5 Å². The number of aromatic amines is 1. The van der Waals surface area contributed by atoms with Gasteiger partial charge in [0.05, 0.1) is 6.54 Å². The van der Waals surface area contributed by atoms with Gasteiger partial charge in [-0.2, -0.15) is 0 Å². The molecule has 0 amide bonds. The van der Waals surface area contributed by atoms with Gasteiger partial charge in [-0.05, 0) is 49.1 Å². The molecule has 0 spiro atoms. The maximum atomic E-state index is 5.43. The van der Waals surface area contributed by atoms with Gasteiger partial charge in [-0.3, -0.25) is 0 Å². The van der Waals surface area contributed by atoms with Crippen molar-refractivity contribution < 1.29 is 9.47 Å². The van der Waals surface area contributed by atoms with E-state index in [1.807, 2.05) is 18.2 Å². The SMILES string of the molecule is CCNC(=NCc1ccc2c(c1)OCO2)NCCCc1c[nH]c2ccccc12.I. The zero-order valence-electron chi connectivity index (χ0n) is 16.5. The van der Waals surface area contributed by atoms with E-state index in [0.717, 1.165) is 49.0 Å². The summed E-state index contributed by atoms with van der Waals surface area (Å²) in [5.41, 5.74) is 3.66. The molecule has 0 unspecified atom stereocenters. The second-order valence-corrected chi connectivity index (χ2v) is 6.77. The highest BCUT2D eigenvalue weighted by atomic mass is 127. The molecule has 2 aromatic carbocycles. The minimum absolute atomic E-state index is 0. The molecule has 3 aromatic rings. The predicted molar refractivity (Wildman–Crippen MR) is 127 cm³/mol. The van der Waals surface area contributed by atoms with Gasteiger partial charge in [-0.1, -0.05) is 24.3 Å². The molecule has 154 valence electrons. The van der Waals surface area contributed by atoms with Crippen LogP contribution in [0.1, 0.15) is 24.5 Å². The van der Waals surface area contributed by atoms with E-state index in [2.05, 4.69) is 58.0 Å². The third-order valence-corrected chi connectivity index (χ3v) is 4.79. The van der Waals surface area contributed by atoms with E-state index in [1.54, 1.807) is 0 Å². The lowest BCUT2D eigenvalue weighted by Crippen LogP contribution is -2.37. The fourth-order valence-electron chi connectivity index (χ4n) is 3.38. The molecule has 7 heteroatoms. The first-order valence-corrected chi connectivity index (χ1v) is 9.79. The highest BCUT2D eigenvalue weighted by molar-refractivity contribution is 14.0. The van der Waals surface area contributed by atoms with Crippen LogP contribution in [-0.4, -0.2) is 30.8 Å². The third kappa shape index (κ3) is 5.35. The number of nitrogens with one attached hydrogen (secondary N) is 3. The Labute approximate surface area is 188 Å². The third-order valence-electron chi connectivity index (χ3n) is 4.79. The molecule has 6 nitrogen and oxygen atoms in total. The summed E-state index contributed by atoms with van der Waals surface area (Å²) >= 11 is 0. The molecule has 1 aliphatic rings. The van der Waals surface area contributed by atoms with Crippen LogP contribution in [0, 0.1) is 0 Å². The first kappa shape index (κ1) is 21.3. The van der Waals surface area contributed by atoms with E-state index in [-0.39, 0.29) is 24.0 Å². The maximum absolute atomic E-state index is 5.43. The summed E-state index contributed by atoms with van der Waals surface area (Å²) in [5, 5.41) is 8.04. The standard InChI is InChI=1S/C22H26N4O2.HI/c1-2-23-22(26-13-16-9-10-20-21(12-16)28-15-27-20)24-11-5-6-17-14-25-19-8-4-3-7-18(17)19;/h3-4,7-10,12,14,25H,2,5-6,11,13,15H2,1H3,(H2,23,24,26);1H. The minimum Gasteiger partial charge on any atom is -0.454 e. The zero-order valence-corrected chi connectivity index (χ0v) is 18.9. The Morgan fingerprint density at radius 3 is 2.86 bits per heavy atom. The fourth-order valence-corrected chi connectivity index (χ4v) is 3.38. The summed E-state index contributed by atoms with van der Waals surface area (Å²) in [7, 11) is 0. The van der Waals surface area contributed by atoms with Crippen LogP contribution in [0.3, 0.4) is 0 Å². The molecule has 0 atom stereocenters. The van der Waals surface area contributed by atoms with Gasteiger partial charge in [0.25, 0.3) is 0 Å². The van der Waals surface area contributed by atoms with Gasteiger partial charge in [0, 0.05) is 30.2 Å². The number of aromatic nitrogens is 1. The zero-order chi connectivity index (χ0) is 19.2. The summed E-state index contributed by atoms with van der Waals surface area (Å²) < 4.78 is 10.8. The number of halogens is 1. The number of H-pyrrole nitrogens is 1. The van der Waals surface area contributed by atoms with E-state index in [0.29, 0.717) is 13.3 Å². The van der Waals surface area contributed by atoms with Crippen molar-refractivity contribution in [2.75, 3.05) is 19.9 Å². The van der Waals surface area contributed by atoms with Crippen LogP contribution in [0.5, 0.6) is 11.5 Å². The number of benzene rings is 2. The van der Waals surface area contributed by atoms with Crippen LogP contribution in [0.15, 0.2) is 53.7 Å². The number of para-hydroxylation sites is 1. The molecule has 0 aliphatic carbocycles. The van der Waals surface area contributed by atoms with Crippen LogP contribution in [0.4, 0.5) is 0 Å². The van der Waals surface area contributed by atoms with Crippen molar-refractivity contribution in [2.24, 2.45) is 4.99 Å². The van der Waals surface area contributed by atoms with Crippen LogP contribution < -0.4 is 20.1 Å². The number of rotatable bonds is 7. The Kier molecular flexibility index (Phi) is 7.62.